The highest BCUT2D eigenvalue weighted by Gasteiger charge is 2.13. The van der Waals surface area contributed by atoms with Crippen LogP contribution in [0.1, 0.15) is 20.8 Å². The van der Waals surface area contributed by atoms with E-state index in [1.54, 1.807) is 10.9 Å². The van der Waals surface area contributed by atoms with Crippen LogP contribution in [0.15, 0.2) is 15.9 Å². The largest absolute Gasteiger partial charge is 0.330 e. The molecule has 0 saturated carbocycles. The van der Waals surface area contributed by atoms with Crippen molar-refractivity contribution >= 4 is 11.2 Å². The Morgan fingerprint density at radius 3 is 2.71 bits per heavy atom. The molecule has 0 radical (unpaired) electrons. The quantitative estimate of drug-likeness (QED) is 0.846. The van der Waals surface area contributed by atoms with E-state index >= 15 is 0 Å². The number of nitrogens with one attached hydrogen (secondary N) is 1. The van der Waals surface area contributed by atoms with Crippen molar-refractivity contribution < 1.29 is 0 Å². The molecule has 6 heteroatoms. The second-order valence-corrected chi connectivity index (χ2v) is 4.47. The van der Waals surface area contributed by atoms with Crippen molar-refractivity contribution in [2.45, 2.75) is 33.9 Å². The number of fused-ring (bicyclic) bond motifs is 1. The van der Waals surface area contributed by atoms with Crippen LogP contribution in [0.25, 0.3) is 11.2 Å². The van der Waals surface area contributed by atoms with Crippen molar-refractivity contribution in [3.63, 3.8) is 0 Å². The van der Waals surface area contributed by atoms with Crippen LogP contribution in [-0.2, 0) is 13.1 Å². The molecule has 0 saturated heterocycles. The second-order valence-electron chi connectivity index (χ2n) is 4.47. The number of rotatable bonds is 3. The molecule has 0 amide bonds. The van der Waals surface area contributed by atoms with Crippen molar-refractivity contribution in [2.75, 3.05) is 0 Å². The van der Waals surface area contributed by atoms with Crippen molar-refractivity contribution in [3.05, 3.63) is 27.2 Å². The summed E-state index contributed by atoms with van der Waals surface area (Å²) >= 11 is 0. The minimum Gasteiger partial charge on any atom is -0.325 e. The smallest absolute Gasteiger partial charge is 0.325 e. The summed E-state index contributed by atoms with van der Waals surface area (Å²) in [6.45, 7) is 7.16. The van der Waals surface area contributed by atoms with Gasteiger partial charge >= 0.3 is 5.69 Å². The standard InChI is InChI=1S/C11H16N4O2/c1-4-14-6-12-9-8(14)10(16)13-11(17)15(9)5-7(2)3/h6-7H,4-5H2,1-3H3,(H,13,16,17). The molecule has 0 atom stereocenters. The molecule has 2 rings (SSSR count). The van der Waals surface area contributed by atoms with Gasteiger partial charge in [-0.15, -0.1) is 0 Å². The maximum absolute atomic E-state index is 11.7. The number of H-pyrrole nitrogens is 1. The molecule has 0 unspecified atom stereocenters. The van der Waals surface area contributed by atoms with Gasteiger partial charge in [0.25, 0.3) is 5.56 Å². The Morgan fingerprint density at radius 1 is 1.41 bits per heavy atom. The van der Waals surface area contributed by atoms with E-state index < -0.39 is 5.69 Å². The third-order valence-electron chi connectivity index (χ3n) is 2.64. The van der Waals surface area contributed by atoms with Crippen molar-refractivity contribution in [1.82, 2.24) is 19.1 Å². The molecule has 0 fully saturated rings. The van der Waals surface area contributed by atoms with Crippen LogP contribution in [-0.4, -0.2) is 19.1 Å². The first-order chi connectivity index (χ1) is 8.04. The maximum Gasteiger partial charge on any atom is 0.330 e. The third-order valence-corrected chi connectivity index (χ3v) is 2.64. The van der Waals surface area contributed by atoms with E-state index in [4.69, 9.17) is 0 Å². The molecule has 17 heavy (non-hydrogen) atoms. The zero-order chi connectivity index (χ0) is 12.6. The summed E-state index contributed by atoms with van der Waals surface area (Å²) in [6.07, 6.45) is 1.59. The molecule has 1 N–H and O–H groups in total. The SMILES string of the molecule is CCn1cnc2c1c(=O)[nH]c(=O)n2CC(C)C. The van der Waals surface area contributed by atoms with Crippen LogP contribution < -0.4 is 11.2 Å². The lowest BCUT2D eigenvalue weighted by Gasteiger charge is -2.08. The van der Waals surface area contributed by atoms with Crippen LogP contribution >= 0.6 is 0 Å². The fourth-order valence-electron chi connectivity index (χ4n) is 1.90. The van der Waals surface area contributed by atoms with E-state index in [-0.39, 0.29) is 5.56 Å². The fourth-order valence-corrected chi connectivity index (χ4v) is 1.90. The van der Waals surface area contributed by atoms with Gasteiger partial charge in [0.15, 0.2) is 11.2 Å². The summed E-state index contributed by atoms with van der Waals surface area (Å²) < 4.78 is 3.26. The molecule has 2 aromatic heterocycles. The molecular formula is C11H16N4O2. The van der Waals surface area contributed by atoms with E-state index in [1.165, 1.54) is 4.57 Å². The summed E-state index contributed by atoms with van der Waals surface area (Å²) in [5, 5.41) is 0. The van der Waals surface area contributed by atoms with Gasteiger partial charge < -0.3 is 4.57 Å². The number of imidazole rings is 1. The van der Waals surface area contributed by atoms with Gasteiger partial charge in [0.1, 0.15) is 0 Å². The molecule has 0 aliphatic rings. The Kier molecular flexibility index (Phi) is 2.87. The molecule has 6 nitrogen and oxygen atoms in total. The molecule has 2 aromatic rings. The summed E-state index contributed by atoms with van der Waals surface area (Å²) in [6, 6.07) is 0. The zero-order valence-electron chi connectivity index (χ0n) is 10.2. The number of nitrogens with zero attached hydrogens (tertiary/aromatic N) is 3. The topological polar surface area (TPSA) is 72.7 Å². The highest BCUT2D eigenvalue weighted by molar-refractivity contribution is 5.69. The van der Waals surface area contributed by atoms with E-state index in [2.05, 4.69) is 9.97 Å². The van der Waals surface area contributed by atoms with Gasteiger partial charge in [0, 0.05) is 13.1 Å². The molecule has 0 bridgehead atoms. The van der Waals surface area contributed by atoms with Gasteiger partial charge in [0.05, 0.1) is 6.33 Å². The first kappa shape index (κ1) is 11.6. The Morgan fingerprint density at radius 2 is 2.12 bits per heavy atom. The number of hydrogen-bond acceptors (Lipinski definition) is 3. The summed E-state index contributed by atoms with van der Waals surface area (Å²) in [5.41, 5.74) is 0.170. The summed E-state index contributed by atoms with van der Waals surface area (Å²) in [4.78, 5) is 30.0. The van der Waals surface area contributed by atoms with E-state index in [1.807, 2.05) is 20.8 Å². The zero-order valence-corrected chi connectivity index (χ0v) is 10.2. The maximum atomic E-state index is 11.7. The monoisotopic (exact) mass is 236 g/mol. The Bertz CT molecular complexity index is 648. The number of aromatic nitrogens is 4. The highest BCUT2D eigenvalue weighted by atomic mass is 16.2. The number of aryl methyl sites for hydroxylation is 1. The first-order valence-corrected chi connectivity index (χ1v) is 5.72. The van der Waals surface area contributed by atoms with Crippen LogP contribution in [0, 0.1) is 5.92 Å². The summed E-state index contributed by atoms with van der Waals surface area (Å²) in [5.74, 6) is 0.313. The predicted octanol–water partition coefficient (Wildman–Crippen LogP) is 0.562. The highest BCUT2D eigenvalue weighted by Crippen LogP contribution is 2.07. The number of hydrogen-bond donors (Lipinski definition) is 1. The van der Waals surface area contributed by atoms with Crippen LogP contribution in [0.2, 0.25) is 0 Å². The fraction of sp³-hybridized carbons (Fsp3) is 0.545. The lowest BCUT2D eigenvalue weighted by Crippen LogP contribution is -2.32. The van der Waals surface area contributed by atoms with Crippen molar-refractivity contribution in [1.29, 1.82) is 0 Å². The van der Waals surface area contributed by atoms with Gasteiger partial charge in [-0.1, -0.05) is 13.8 Å². The molecule has 0 aliphatic carbocycles. The van der Waals surface area contributed by atoms with Gasteiger partial charge in [-0.25, -0.2) is 9.78 Å². The van der Waals surface area contributed by atoms with E-state index in [0.29, 0.717) is 30.2 Å². The average Bonchev–Trinajstić information content (AvgIpc) is 2.67. The van der Waals surface area contributed by atoms with Gasteiger partial charge in [-0.2, -0.15) is 0 Å². The minimum absolute atomic E-state index is 0.313. The van der Waals surface area contributed by atoms with E-state index in [9.17, 15) is 9.59 Å². The predicted molar refractivity (Wildman–Crippen MR) is 65.1 cm³/mol. The Hall–Kier alpha value is -1.85. The molecule has 2 heterocycles. The molecule has 92 valence electrons. The lowest BCUT2D eigenvalue weighted by atomic mass is 10.2. The Labute approximate surface area is 97.9 Å². The van der Waals surface area contributed by atoms with Gasteiger partial charge in [-0.05, 0) is 12.8 Å². The van der Waals surface area contributed by atoms with Crippen LogP contribution in [0.3, 0.4) is 0 Å². The van der Waals surface area contributed by atoms with Crippen molar-refractivity contribution in [2.24, 2.45) is 5.92 Å². The van der Waals surface area contributed by atoms with Gasteiger partial charge in [-0.3, -0.25) is 14.3 Å². The normalized spacial score (nSPS) is 11.5. The van der Waals surface area contributed by atoms with Crippen molar-refractivity contribution in [3.8, 4) is 0 Å². The minimum atomic E-state index is -0.391. The number of aromatic amines is 1. The van der Waals surface area contributed by atoms with Crippen LogP contribution in [0.4, 0.5) is 0 Å². The Balaban J connectivity index is 2.80. The third kappa shape index (κ3) is 1.90. The molecule has 0 aromatic carbocycles. The molecule has 0 aliphatic heterocycles. The summed E-state index contributed by atoms with van der Waals surface area (Å²) in [7, 11) is 0. The first-order valence-electron chi connectivity index (χ1n) is 5.72. The van der Waals surface area contributed by atoms with Crippen LogP contribution in [0.5, 0.6) is 0 Å². The van der Waals surface area contributed by atoms with E-state index in [0.717, 1.165) is 0 Å². The average molecular weight is 236 g/mol. The van der Waals surface area contributed by atoms with Gasteiger partial charge in [0.2, 0.25) is 0 Å². The molecule has 0 spiro atoms. The second kappa shape index (κ2) is 4.20. The molecular weight excluding hydrogens is 220 g/mol. The lowest BCUT2D eigenvalue weighted by molar-refractivity contribution is 0.513.